The van der Waals surface area contributed by atoms with E-state index in [0.29, 0.717) is 6.04 Å². The van der Waals surface area contributed by atoms with E-state index in [0.717, 1.165) is 42.0 Å². The molecule has 1 aromatic carbocycles. The highest BCUT2D eigenvalue weighted by Crippen LogP contribution is 2.46. The number of methoxy groups -OCH3 is 1. The Kier molecular flexibility index (Phi) is 4.62. The van der Waals surface area contributed by atoms with Crippen molar-refractivity contribution in [2.24, 2.45) is 11.8 Å². The lowest BCUT2D eigenvalue weighted by Crippen LogP contribution is -2.36. The lowest BCUT2D eigenvalue weighted by Gasteiger charge is -2.27. The van der Waals surface area contributed by atoms with Crippen molar-refractivity contribution in [1.29, 1.82) is 0 Å². The van der Waals surface area contributed by atoms with Gasteiger partial charge in [0.2, 0.25) is 0 Å². The first-order valence-electron chi connectivity index (χ1n) is 8.57. The van der Waals surface area contributed by atoms with Gasteiger partial charge in [0.1, 0.15) is 5.75 Å². The molecule has 0 radical (unpaired) electrons. The fourth-order valence-electron chi connectivity index (χ4n) is 4.42. The lowest BCUT2D eigenvalue weighted by atomic mass is 10.0. The Hall–Kier alpha value is -1.55. The molecule has 4 atom stereocenters. The first-order chi connectivity index (χ1) is 11.0. The molecule has 2 saturated carbocycles. The van der Waals surface area contributed by atoms with Gasteiger partial charge in [-0.3, -0.25) is 4.79 Å². The number of hydrogen-bond donors (Lipinski definition) is 0. The molecule has 2 unspecified atom stereocenters. The van der Waals surface area contributed by atoms with Gasteiger partial charge in [0, 0.05) is 24.7 Å². The van der Waals surface area contributed by atoms with Crippen LogP contribution in [0.25, 0.3) is 0 Å². The first-order valence-corrected chi connectivity index (χ1v) is 8.57. The third-order valence-corrected chi connectivity index (χ3v) is 5.88. The van der Waals surface area contributed by atoms with E-state index < -0.39 is 0 Å². The number of rotatable bonds is 4. The van der Waals surface area contributed by atoms with Crippen LogP contribution in [0, 0.1) is 11.8 Å². The number of carbonyl (C=O) groups is 1. The van der Waals surface area contributed by atoms with Gasteiger partial charge in [-0.1, -0.05) is 6.07 Å². The van der Waals surface area contributed by atoms with Gasteiger partial charge in [0.05, 0.1) is 7.11 Å². The summed E-state index contributed by atoms with van der Waals surface area (Å²) in [6.07, 6.45) is 4.88. The minimum atomic E-state index is 0.109. The molecule has 2 fully saturated rings. The van der Waals surface area contributed by atoms with Crippen LogP contribution < -0.4 is 4.74 Å². The summed E-state index contributed by atoms with van der Waals surface area (Å²) in [6.45, 7) is 0. The lowest BCUT2D eigenvalue weighted by molar-refractivity contribution is 0.0726. The molecule has 2 aliphatic rings. The summed E-state index contributed by atoms with van der Waals surface area (Å²) in [6, 6.07) is 8.57. The average molecular weight is 316 g/mol. The Morgan fingerprint density at radius 1 is 1.04 bits per heavy atom. The molecule has 0 N–H and O–H groups in total. The van der Waals surface area contributed by atoms with Crippen LogP contribution in [-0.2, 0) is 0 Å². The minimum Gasteiger partial charge on any atom is -0.497 e. The zero-order valence-corrected chi connectivity index (χ0v) is 14.7. The van der Waals surface area contributed by atoms with Crippen LogP contribution in [0.4, 0.5) is 0 Å². The summed E-state index contributed by atoms with van der Waals surface area (Å²) in [5.74, 6) is 2.42. The zero-order chi connectivity index (χ0) is 16.6. The van der Waals surface area contributed by atoms with Gasteiger partial charge in [-0.05, 0) is 69.8 Å². The van der Waals surface area contributed by atoms with Crippen molar-refractivity contribution >= 4 is 5.91 Å². The molecule has 1 aromatic rings. The predicted octanol–water partition coefficient (Wildman–Crippen LogP) is 2.89. The highest BCUT2D eigenvalue weighted by Gasteiger charge is 2.44. The van der Waals surface area contributed by atoms with Crippen molar-refractivity contribution in [2.75, 3.05) is 28.3 Å². The van der Waals surface area contributed by atoms with Crippen molar-refractivity contribution < 1.29 is 9.53 Å². The van der Waals surface area contributed by atoms with E-state index in [4.69, 9.17) is 4.74 Å². The molecule has 0 aromatic heterocycles. The van der Waals surface area contributed by atoms with Crippen LogP contribution in [0.5, 0.6) is 5.75 Å². The second-order valence-corrected chi connectivity index (χ2v) is 7.38. The van der Waals surface area contributed by atoms with Crippen LogP contribution in [0.3, 0.4) is 0 Å². The first kappa shape index (κ1) is 16.3. The van der Waals surface area contributed by atoms with Crippen molar-refractivity contribution in [3.63, 3.8) is 0 Å². The van der Waals surface area contributed by atoms with E-state index in [1.165, 1.54) is 12.8 Å². The molecule has 0 bridgehead atoms. The van der Waals surface area contributed by atoms with Crippen LogP contribution in [0.1, 0.15) is 36.0 Å². The monoisotopic (exact) mass is 316 g/mol. The van der Waals surface area contributed by atoms with Gasteiger partial charge in [-0.25, -0.2) is 0 Å². The number of fused-ring (bicyclic) bond motifs is 1. The highest BCUT2D eigenvalue weighted by molar-refractivity contribution is 5.94. The van der Waals surface area contributed by atoms with Crippen LogP contribution in [0.2, 0.25) is 0 Å². The summed E-state index contributed by atoms with van der Waals surface area (Å²) in [4.78, 5) is 17.1. The molecule has 0 aliphatic heterocycles. The molecule has 3 rings (SSSR count). The second-order valence-electron chi connectivity index (χ2n) is 7.38. The Bertz CT molecular complexity index is 558. The van der Waals surface area contributed by atoms with Gasteiger partial charge in [-0.2, -0.15) is 0 Å². The molecule has 1 amide bonds. The molecule has 4 nitrogen and oxygen atoms in total. The quantitative estimate of drug-likeness (QED) is 0.856. The Balaban J connectivity index is 1.64. The topological polar surface area (TPSA) is 32.8 Å². The van der Waals surface area contributed by atoms with E-state index in [1.807, 2.05) is 36.2 Å². The third-order valence-electron chi connectivity index (χ3n) is 5.88. The second kappa shape index (κ2) is 6.52. The summed E-state index contributed by atoms with van der Waals surface area (Å²) < 4.78 is 5.23. The fraction of sp³-hybridized carbons (Fsp3) is 0.632. The zero-order valence-electron chi connectivity index (χ0n) is 14.7. The largest absolute Gasteiger partial charge is 0.497 e. The molecule has 126 valence electrons. The van der Waals surface area contributed by atoms with E-state index >= 15 is 0 Å². The smallest absolute Gasteiger partial charge is 0.253 e. The molecular formula is C19H28N2O2. The molecule has 23 heavy (non-hydrogen) atoms. The highest BCUT2D eigenvalue weighted by atomic mass is 16.5. The molecule has 4 heteroatoms. The normalized spacial score (nSPS) is 29.6. The van der Waals surface area contributed by atoms with Crippen molar-refractivity contribution in [3.05, 3.63) is 29.8 Å². The van der Waals surface area contributed by atoms with Crippen LogP contribution in [-0.4, -0.2) is 56.0 Å². The van der Waals surface area contributed by atoms with E-state index in [9.17, 15) is 4.79 Å². The molecule has 0 saturated heterocycles. The summed E-state index contributed by atoms with van der Waals surface area (Å²) in [7, 11) is 7.95. The van der Waals surface area contributed by atoms with E-state index in [1.54, 1.807) is 7.11 Å². The fourth-order valence-corrected chi connectivity index (χ4v) is 4.42. The molecule has 0 heterocycles. The van der Waals surface area contributed by atoms with Gasteiger partial charge < -0.3 is 14.5 Å². The summed E-state index contributed by atoms with van der Waals surface area (Å²) in [5.41, 5.74) is 0.718. The predicted molar refractivity (Wildman–Crippen MR) is 91.8 cm³/mol. The van der Waals surface area contributed by atoms with E-state index in [-0.39, 0.29) is 5.91 Å². The van der Waals surface area contributed by atoms with E-state index in [2.05, 4.69) is 19.0 Å². The summed E-state index contributed by atoms with van der Waals surface area (Å²) in [5, 5.41) is 0. The van der Waals surface area contributed by atoms with Gasteiger partial charge in [0.25, 0.3) is 5.91 Å². The maximum absolute atomic E-state index is 12.8. The molecular weight excluding hydrogens is 288 g/mol. The minimum absolute atomic E-state index is 0.109. The van der Waals surface area contributed by atoms with Crippen LogP contribution >= 0.6 is 0 Å². The average Bonchev–Trinajstić information content (AvgIpc) is 3.12. The van der Waals surface area contributed by atoms with Crippen molar-refractivity contribution in [1.82, 2.24) is 9.80 Å². The standard InChI is InChI=1S/C19H28N2O2/c1-20(2)16-8-14-10-17(11-15(14)9-16)21(3)19(22)13-6-5-7-18(12-13)23-4/h5-7,12,14-17H,8-11H2,1-4H3/t14-,15+,16?,17?. The number of amides is 1. The van der Waals surface area contributed by atoms with Gasteiger partial charge in [0.15, 0.2) is 0 Å². The maximum Gasteiger partial charge on any atom is 0.253 e. The van der Waals surface area contributed by atoms with Gasteiger partial charge >= 0.3 is 0 Å². The van der Waals surface area contributed by atoms with Crippen molar-refractivity contribution in [3.8, 4) is 5.75 Å². The number of benzene rings is 1. The maximum atomic E-state index is 12.8. The Labute approximate surface area is 139 Å². The summed E-state index contributed by atoms with van der Waals surface area (Å²) >= 11 is 0. The third kappa shape index (κ3) is 3.23. The molecule has 2 aliphatic carbocycles. The Morgan fingerprint density at radius 3 is 2.22 bits per heavy atom. The number of nitrogens with zero attached hydrogens (tertiary/aromatic N) is 2. The SMILES string of the molecule is COc1cccc(C(=O)N(C)C2C[C@H]3CC(N(C)C)C[C@H]3C2)c1. The molecule has 0 spiro atoms. The van der Waals surface area contributed by atoms with Crippen molar-refractivity contribution in [2.45, 2.75) is 37.8 Å². The Morgan fingerprint density at radius 2 is 1.65 bits per heavy atom. The number of carbonyl (C=O) groups excluding carboxylic acids is 1. The van der Waals surface area contributed by atoms with Crippen LogP contribution in [0.15, 0.2) is 24.3 Å². The van der Waals surface area contributed by atoms with Gasteiger partial charge in [-0.15, -0.1) is 0 Å². The number of hydrogen-bond acceptors (Lipinski definition) is 3. The number of ether oxygens (including phenoxy) is 1.